The van der Waals surface area contributed by atoms with Gasteiger partial charge in [-0.1, -0.05) is 29.3 Å². The molecule has 2 rings (SSSR count). The van der Waals surface area contributed by atoms with Crippen molar-refractivity contribution in [3.63, 3.8) is 0 Å². The van der Waals surface area contributed by atoms with Crippen molar-refractivity contribution in [2.45, 2.75) is 24.9 Å². The maximum Gasteiger partial charge on any atom is 0.220 e. The van der Waals surface area contributed by atoms with Gasteiger partial charge in [0.1, 0.15) is 5.60 Å². The highest BCUT2D eigenvalue weighted by molar-refractivity contribution is 6.35. The summed E-state index contributed by atoms with van der Waals surface area (Å²) in [6.45, 7) is 1.03. The molecular formula is C14H17Cl2NO3. The Morgan fingerprint density at radius 2 is 2.25 bits per heavy atom. The highest BCUT2D eigenvalue weighted by Gasteiger charge is 2.32. The normalized spacial score (nSPS) is 21.9. The number of amides is 1. The molecule has 1 saturated heterocycles. The summed E-state index contributed by atoms with van der Waals surface area (Å²) in [5.74, 6) is -0.114. The lowest BCUT2D eigenvalue weighted by atomic mass is 10.0. The summed E-state index contributed by atoms with van der Waals surface area (Å²) in [6, 6.07) is 5.23. The van der Waals surface area contributed by atoms with Crippen LogP contribution < -0.4 is 5.32 Å². The maximum atomic E-state index is 11.8. The third kappa shape index (κ3) is 4.35. The third-order valence-corrected chi connectivity index (χ3v) is 3.92. The van der Waals surface area contributed by atoms with Crippen LogP contribution in [0.4, 0.5) is 0 Å². The first-order chi connectivity index (χ1) is 9.48. The summed E-state index contributed by atoms with van der Waals surface area (Å²) < 4.78 is 5.12. The monoisotopic (exact) mass is 317 g/mol. The van der Waals surface area contributed by atoms with E-state index in [0.717, 1.165) is 5.56 Å². The van der Waals surface area contributed by atoms with E-state index in [4.69, 9.17) is 27.9 Å². The maximum absolute atomic E-state index is 11.8. The fraction of sp³-hybridized carbons (Fsp3) is 0.500. The van der Waals surface area contributed by atoms with Gasteiger partial charge in [-0.25, -0.2) is 0 Å². The molecule has 0 radical (unpaired) electrons. The van der Waals surface area contributed by atoms with Gasteiger partial charge >= 0.3 is 0 Å². The molecule has 1 aliphatic rings. The van der Waals surface area contributed by atoms with Gasteiger partial charge in [-0.3, -0.25) is 4.79 Å². The average molecular weight is 318 g/mol. The van der Waals surface area contributed by atoms with Gasteiger partial charge in [0, 0.05) is 36.0 Å². The van der Waals surface area contributed by atoms with E-state index >= 15 is 0 Å². The van der Waals surface area contributed by atoms with E-state index in [9.17, 15) is 9.90 Å². The molecule has 1 amide bonds. The Bertz CT molecular complexity index is 487. The largest absolute Gasteiger partial charge is 0.386 e. The van der Waals surface area contributed by atoms with Gasteiger partial charge in [0.2, 0.25) is 5.91 Å². The second kappa shape index (κ2) is 6.76. The van der Waals surface area contributed by atoms with E-state index in [2.05, 4.69) is 5.32 Å². The molecule has 0 bridgehead atoms. The Kier molecular flexibility index (Phi) is 5.27. The summed E-state index contributed by atoms with van der Waals surface area (Å²) in [6.07, 6.45) is 1.41. The Morgan fingerprint density at radius 1 is 1.45 bits per heavy atom. The molecule has 1 heterocycles. The third-order valence-electron chi connectivity index (χ3n) is 3.33. The van der Waals surface area contributed by atoms with Crippen molar-refractivity contribution in [3.05, 3.63) is 33.8 Å². The van der Waals surface area contributed by atoms with E-state index in [0.29, 0.717) is 35.9 Å². The van der Waals surface area contributed by atoms with E-state index < -0.39 is 5.60 Å². The number of aliphatic hydroxyl groups is 1. The number of carbonyl (C=O) groups is 1. The zero-order valence-electron chi connectivity index (χ0n) is 11.0. The number of hydrogen-bond donors (Lipinski definition) is 2. The molecule has 0 saturated carbocycles. The van der Waals surface area contributed by atoms with E-state index in [1.807, 2.05) is 6.07 Å². The van der Waals surface area contributed by atoms with Crippen LogP contribution in [0.3, 0.4) is 0 Å². The van der Waals surface area contributed by atoms with Crippen molar-refractivity contribution in [1.82, 2.24) is 5.32 Å². The van der Waals surface area contributed by atoms with Gasteiger partial charge in [0.25, 0.3) is 0 Å². The van der Waals surface area contributed by atoms with E-state index in [-0.39, 0.29) is 19.1 Å². The zero-order valence-corrected chi connectivity index (χ0v) is 12.5. The lowest BCUT2D eigenvalue weighted by Crippen LogP contribution is -2.43. The lowest BCUT2D eigenvalue weighted by molar-refractivity contribution is -0.122. The molecule has 1 fully saturated rings. The number of aryl methyl sites for hydroxylation is 1. The molecule has 2 N–H and O–H groups in total. The van der Waals surface area contributed by atoms with Crippen LogP contribution in [0.1, 0.15) is 18.4 Å². The van der Waals surface area contributed by atoms with Crippen molar-refractivity contribution in [1.29, 1.82) is 0 Å². The summed E-state index contributed by atoms with van der Waals surface area (Å²) >= 11 is 11.9. The summed E-state index contributed by atoms with van der Waals surface area (Å²) in [5, 5.41) is 13.9. The highest BCUT2D eigenvalue weighted by atomic mass is 35.5. The van der Waals surface area contributed by atoms with Crippen LogP contribution >= 0.6 is 23.2 Å². The van der Waals surface area contributed by atoms with Crippen LogP contribution in [-0.2, 0) is 16.0 Å². The molecule has 6 heteroatoms. The lowest BCUT2D eigenvalue weighted by Gasteiger charge is -2.20. The van der Waals surface area contributed by atoms with Gasteiger partial charge < -0.3 is 15.2 Å². The molecule has 1 aromatic rings. The number of halogens is 2. The first kappa shape index (κ1) is 15.6. The molecule has 1 atom stereocenters. The minimum atomic E-state index is -0.923. The van der Waals surface area contributed by atoms with Crippen LogP contribution in [-0.4, -0.2) is 36.4 Å². The minimum absolute atomic E-state index is 0.114. The second-order valence-corrected chi connectivity index (χ2v) is 5.88. The van der Waals surface area contributed by atoms with Crippen molar-refractivity contribution in [2.24, 2.45) is 0 Å². The first-order valence-electron chi connectivity index (χ1n) is 6.49. The quantitative estimate of drug-likeness (QED) is 0.875. The number of ether oxygens (including phenoxy) is 1. The Labute approximate surface area is 128 Å². The van der Waals surface area contributed by atoms with Gasteiger partial charge in [-0.15, -0.1) is 0 Å². The number of carbonyl (C=O) groups excluding carboxylic acids is 1. The van der Waals surface area contributed by atoms with Crippen LogP contribution in [0.2, 0.25) is 10.0 Å². The molecule has 0 aliphatic carbocycles. The first-order valence-corrected chi connectivity index (χ1v) is 7.25. The van der Waals surface area contributed by atoms with Crippen molar-refractivity contribution >= 4 is 29.1 Å². The topological polar surface area (TPSA) is 58.6 Å². The fourth-order valence-corrected chi connectivity index (χ4v) is 2.56. The summed E-state index contributed by atoms with van der Waals surface area (Å²) in [5.41, 5.74) is -0.0396. The van der Waals surface area contributed by atoms with Crippen molar-refractivity contribution in [2.75, 3.05) is 19.8 Å². The summed E-state index contributed by atoms with van der Waals surface area (Å²) in [4.78, 5) is 11.8. The molecule has 1 aliphatic heterocycles. The number of nitrogens with one attached hydrogen (secondary N) is 1. The predicted octanol–water partition coefficient (Wildman–Crippen LogP) is 2.19. The van der Waals surface area contributed by atoms with Crippen LogP contribution in [0.15, 0.2) is 18.2 Å². The molecule has 4 nitrogen and oxygen atoms in total. The Morgan fingerprint density at radius 3 is 2.90 bits per heavy atom. The summed E-state index contributed by atoms with van der Waals surface area (Å²) in [7, 11) is 0. The Balaban J connectivity index is 1.77. The molecule has 0 spiro atoms. The van der Waals surface area contributed by atoms with Crippen LogP contribution in [0.5, 0.6) is 0 Å². The van der Waals surface area contributed by atoms with Gasteiger partial charge in [-0.05, 0) is 24.1 Å². The smallest absolute Gasteiger partial charge is 0.220 e. The van der Waals surface area contributed by atoms with Crippen LogP contribution in [0.25, 0.3) is 0 Å². The van der Waals surface area contributed by atoms with E-state index in [1.165, 1.54) is 0 Å². The fourth-order valence-electron chi connectivity index (χ4n) is 2.06. The van der Waals surface area contributed by atoms with Gasteiger partial charge in [-0.2, -0.15) is 0 Å². The molecule has 20 heavy (non-hydrogen) atoms. The molecular weight excluding hydrogens is 301 g/mol. The number of rotatable bonds is 5. The minimum Gasteiger partial charge on any atom is -0.386 e. The van der Waals surface area contributed by atoms with Gasteiger partial charge in [0.05, 0.1) is 6.61 Å². The zero-order chi connectivity index (χ0) is 14.6. The number of hydrogen-bond acceptors (Lipinski definition) is 3. The molecule has 1 aromatic carbocycles. The van der Waals surface area contributed by atoms with Crippen LogP contribution in [0, 0.1) is 0 Å². The molecule has 110 valence electrons. The molecule has 0 aromatic heterocycles. The highest BCUT2D eigenvalue weighted by Crippen LogP contribution is 2.22. The predicted molar refractivity (Wildman–Crippen MR) is 78.2 cm³/mol. The SMILES string of the molecule is O=C(CCc1ccc(Cl)cc1Cl)NCC1(O)CCOC1. The molecule has 1 unspecified atom stereocenters. The Hall–Kier alpha value is -0.810. The standard InChI is InChI=1S/C14H17Cl2NO3/c15-11-3-1-10(12(16)7-11)2-4-13(18)17-8-14(19)5-6-20-9-14/h1,3,7,19H,2,4-6,8-9H2,(H,17,18). The van der Waals surface area contributed by atoms with E-state index in [1.54, 1.807) is 12.1 Å². The average Bonchev–Trinajstić information content (AvgIpc) is 2.83. The van der Waals surface area contributed by atoms with Crippen molar-refractivity contribution < 1.29 is 14.6 Å². The van der Waals surface area contributed by atoms with Crippen molar-refractivity contribution in [3.8, 4) is 0 Å². The van der Waals surface area contributed by atoms with Gasteiger partial charge in [0.15, 0.2) is 0 Å². The number of benzene rings is 1. The second-order valence-electron chi connectivity index (χ2n) is 5.04.